The highest BCUT2D eigenvalue weighted by atomic mass is 35.5. The molecular weight excluding hydrogens is 321 g/mol. The first kappa shape index (κ1) is 17.7. The zero-order valence-corrected chi connectivity index (χ0v) is 13.5. The van der Waals surface area contributed by atoms with E-state index in [9.17, 15) is 14.0 Å². The van der Waals surface area contributed by atoms with Gasteiger partial charge in [-0.05, 0) is 49.9 Å². The van der Waals surface area contributed by atoms with Crippen LogP contribution in [0.15, 0.2) is 18.2 Å². The predicted octanol–water partition coefficient (Wildman–Crippen LogP) is 2.44. The second-order valence-corrected chi connectivity index (χ2v) is 6.19. The Balaban J connectivity index is 1.93. The van der Waals surface area contributed by atoms with Crippen molar-refractivity contribution >= 4 is 29.1 Å². The lowest BCUT2D eigenvalue weighted by Gasteiger charge is -2.31. The van der Waals surface area contributed by atoms with Crippen molar-refractivity contribution in [2.24, 2.45) is 11.7 Å². The molecule has 0 aromatic heterocycles. The first-order valence-electron chi connectivity index (χ1n) is 7.78. The molecule has 0 radical (unpaired) electrons. The van der Waals surface area contributed by atoms with E-state index in [2.05, 4.69) is 10.6 Å². The van der Waals surface area contributed by atoms with Gasteiger partial charge in [-0.2, -0.15) is 0 Å². The minimum absolute atomic E-state index is 0.0347. The van der Waals surface area contributed by atoms with Gasteiger partial charge in [0.15, 0.2) is 0 Å². The van der Waals surface area contributed by atoms with Crippen molar-refractivity contribution in [1.29, 1.82) is 0 Å². The largest absolute Gasteiger partial charge is 0.345 e. The summed E-state index contributed by atoms with van der Waals surface area (Å²) in [5.74, 6) is -1.88. The van der Waals surface area contributed by atoms with Gasteiger partial charge in [-0.15, -0.1) is 0 Å². The summed E-state index contributed by atoms with van der Waals surface area (Å²) in [5, 5.41) is 5.10. The fourth-order valence-electron chi connectivity index (χ4n) is 2.95. The number of halogens is 2. The monoisotopic (exact) mass is 341 g/mol. The van der Waals surface area contributed by atoms with Crippen molar-refractivity contribution in [1.82, 2.24) is 5.32 Å². The number of carbonyl (C=O) groups is 2. The Morgan fingerprint density at radius 2 is 2.00 bits per heavy atom. The molecule has 1 saturated carbocycles. The average Bonchev–Trinajstić information content (AvgIpc) is 2.53. The van der Waals surface area contributed by atoms with Gasteiger partial charge in [0.1, 0.15) is 5.82 Å². The molecule has 1 fully saturated rings. The quantitative estimate of drug-likeness (QED) is 0.735. The van der Waals surface area contributed by atoms with Gasteiger partial charge in [-0.1, -0.05) is 24.4 Å². The molecule has 126 valence electrons. The molecule has 0 spiro atoms. The highest BCUT2D eigenvalue weighted by Crippen LogP contribution is 2.26. The molecule has 7 heteroatoms. The number of amides is 2. The predicted molar refractivity (Wildman–Crippen MR) is 87.6 cm³/mol. The molecule has 2 amide bonds. The Hall–Kier alpha value is -1.66. The van der Waals surface area contributed by atoms with Gasteiger partial charge in [0.25, 0.3) is 0 Å². The zero-order chi connectivity index (χ0) is 16.8. The lowest BCUT2D eigenvalue weighted by molar-refractivity contribution is -0.137. The van der Waals surface area contributed by atoms with Crippen LogP contribution in [0, 0.1) is 11.7 Å². The molecule has 2 rings (SSSR count). The molecule has 1 aliphatic carbocycles. The van der Waals surface area contributed by atoms with Crippen LogP contribution in [0.3, 0.4) is 0 Å². The van der Waals surface area contributed by atoms with E-state index in [1.807, 2.05) is 0 Å². The van der Waals surface area contributed by atoms with Gasteiger partial charge >= 0.3 is 11.8 Å². The van der Waals surface area contributed by atoms with Crippen molar-refractivity contribution in [3.63, 3.8) is 0 Å². The SMILES string of the molecule is NCCC1CCCCC1NC(=O)C(=O)Nc1ccc(Cl)c(F)c1. The summed E-state index contributed by atoms with van der Waals surface area (Å²) >= 11 is 5.58. The molecule has 2 atom stereocenters. The summed E-state index contributed by atoms with van der Waals surface area (Å²) in [6.07, 6.45) is 4.82. The molecule has 0 bridgehead atoms. The summed E-state index contributed by atoms with van der Waals surface area (Å²) in [7, 11) is 0. The molecule has 4 N–H and O–H groups in total. The molecule has 1 aliphatic rings. The maximum absolute atomic E-state index is 13.3. The molecule has 0 saturated heterocycles. The third-order valence-corrected chi connectivity index (χ3v) is 4.45. The number of hydrogen-bond donors (Lipinski definition) is 3. The zero-order valence-electron chi connectivity index (χ0n) is 12.8. The minimum Gasteiger partial charge on any atom is -0.345 e. The molecule has 5 nitrogen and oxygen atoms in total. The maximum Gasteiger partial charge on any atom is 0.313 e. The standard InChI is InChI=1S/C16H21ClFN3O2/c17-12-6-5-11(9-13(12)18)20-15(22)16(23)21-14-4-2-1-3-10(14)7-8-19/h5-6,9-10,14H,1-4,7-8,19H2,(H,20,22)(H,21,23). The molecule has 23 heavy (non-hydrogen) atoms. The van der Waals surface area contributed by atoms with Gasteiger partial charge in [-0.25, -0.2) is 4.39 Å². The summed E-state index contributed by atoms with van der Waals surface area (Å²) in [5.41, 5.74) is 5.79. The van der Waals surface area contributed by atoms with Gasteiger partial charge < -0.3 is 16.4 Å². The third kappa shape index (κ3) is 4.91. The number of rotatable bonds is 4. The van der Waals surface area contributed by atoms with E-state index in [0.717, 1.165) is 38.2 Å². The molecular formula is C16H21ClFN3O2. The molecule has 0 heterocycles. The van der Waals surface area contributed by atoms with E-state index in [-0.39, 0.29) is 16.8 Å². The fraction of sp³-hybridized carbons (Fsp3) is 0.500. The van der Waals surface area contributed by atoms with Crippen LogP contribution in [0.25, 0.3) is 0 Å². The summed E-state index contributed by atoms with van der Waals surface area (Å²) in [6.45, 7) is 0.563. The Labute approximate surface area is 139 Å². The van der Waals surface area contributed by atoms with Crippen molar-refractivity contribution in [2.75, 3.05) is 11.9 Å². The third-order valence-electron chi connectivity index (χ3n) is 4.15. The lowest BCUT2D eigenvalue weighted by atomic mass is 9.82. The van der Waals surface area contributed by atoms with E-state index >= 15 is 0 Å². The number of carbonyl (C=O) groups excluding carboxylic acids is 2. The van der Waals surface area contributed by atoms with Crippen molar-refractivity contribution in [2.45, 2.75) is 38.1 Å². The second-order valence-electron chi connectivity index (χ2n) is 5.78. The number of nitrogens with two attached hydrogens (primary N) is 1. The van der Waals surface area contributed by atoms with Gasteiger partial charge in [0.2, 0.25) is 0 Å². The van der Waals surface area contributed by atoms with Gasteiger partial charge in [0.05, 0.1) is 5.02 Å². The Morgan fingerprint density at radius 1 is 1.26 bits per heavy atom. The maximum atomic E-state index is 13.3. The van der Waals surface area contributed by atoms with E-state index in [4.69, 9.17) is 17.3 Å². The highest BCUT2D eigenvalue weighted by Gasteiger charge is 2.27. The minimum atomic E-state index is -0.816. The van der Waals surface area contributed by atoms with E-state index in [1.54, 1.807) is 0 Å². The van der Waals surface area contributed by atoms with Crippen LogP contribution in [0.2, 0.25) is 5.02 Å². The molecule has 0 aliphatic heterocycles. The second kappa shape index (κ2) is 8.26. The van der Waals surface area contributed by atoms with E-state index < -0.39 is 17.6 Å². The van der Waals surface area contributed by atoms with Crippen LogP contribution in [-0.2, 0) is 9.59 Å². The number of nitrogens with one attached hydrogen (secondary N) is 2. The van der Waals surface area contributed by atoms with Crippen LogP contribution in [0.4, 0.5) is 10.1 Å². The van der Waals surface area contributed by atoms with E-state index in [1.165, 1.54) is 12.1 Å². The Kier molecular flexibility index (Phi) is 6.36. The molecule has 1 aromatic carbocycles. The highest BCUT2D eigenvalue weighted by molar-refractivity contribution is 6.39. The normalized spacial score (nSPS) is 20.8. The fourth-order valence-corrected chi connectivity index (χ4v) is 3.07. The average molecular weight is 342 g/mol. The first-order valence-corrected chi connectivity index (χ1v) is 8.16. The van der Waals surface area contributed by atoms with Crippen molar-refractivity contribution < 1.29 is 14.0 Å². The summed E-state index contributed by atoms with van der Waals surface area (Å²) < 4.78 is 13.3. The van der Waals surface area contributed by atoms with Crippen LogP contribution >= 0.6 is 11.6 Å². The molecule has 1 aromatic rings. The topological polar surface area (TPSA) is 84.2 Å². The van der Waals surface area contributed by atoms with Crippen molar-refractivity contribution in [3.8, 4) is 0 Å². The smallest absolute Gasteiger partial charge is 0.313 e. The first-order chi connectivity index (χ1) is 11.0. The number of anilines is 1. The number of hydrogen-bond acceptors (Lipinski definition) is 3. The van der Waals surface area contributed by atoms with Gasteiger partial charge in [-0.3, -0.25) is 9.59 Å². The summed E-state index contributed by atoms with van der Waals surface area (Å²) in [4.78, 5) is 24.0. The Morgan fingerprint density at radius 3 is 2.70 bits per heavy atom. The van der Waals surface area contributed by atoms with Crippen LogP contribution in [0.1, 0.15) is 32.1 Å². The van der Waals surface area contributed by atoms with E-state index in [0.29, 0.717) is 12.5 Å². The summed E-state index contributed by atoms with van der Waals surface area (Å²) in [6, 6.07) is 3.80. The lowest BCUT2D eigenvalue weighted by Crippen LogP contribution is -2.46. The van der Waals surface area contributed by atoms with Crippen LogP contribution in [-0.4, -0.2) is 24.4 Å². The number of benzene rings is 1. The van der Waals surface area contributed by atoms with Crippen LogP contribution < -0.4 is 16.4 Å². The van der Waals surface area contributed by atoms with Crippen LogP contribution in [0.5, 0.6) is 0 Å². The molecule has 2 unspecified atom stereocenters. The Bertz CT molecular complexity index is 580. The van der Waals surface area contributed by atoms with Gasteiger partial charge in [0, 0.05) is 11.7 Å². The van der Waals surface area contributed by atoms with Crippen molar-refractivity contribution in [3.05, 3.63) is 29.0 Å².